The third kappa shape index (κ3) is 4.36. The largest absolute Gasteiger partial charge is 0.299 e. The maximum atomic E-state index is 12.0. The van der Waals surface area contributed by atoms with Gasteiger partial charge in [-0.25, -0.2) is 17.7 Å². The Kier molecular flexibility index (Phi) is 4.93. The Bertz CT molecular complexity index is 580. The average molecular weight is 316 g/mol. The molecule has 5 nitrogen and oxygen atoms in total. The number of piperidine rings is 1. The summed E-state index contributed by atoms with van der Waals surface area (Å²) in [5.74, 6) is 0.298. The van der Waals surface area contributed by atoms with Gasteiger partial charge < -0.3 is 0 Å². The van der Waals surface area contributed by atoms with Crippen molar-refractivity contribution < 1.29 is 13.2 Å². The first-order chi connectivity index (χ1) is 9.34. The van der Waals surface area contributed by atoms with Crippen LogP contribution >= 0.6 is 11.3 Å². The standard InChI is InChI=1S/C13H20N2O3S2/c1-10-9-19-13(14-10)7-12(16)6-11-4-3-5-15(8-11)20(2,17)18/h9,11H,3-8H2,1-2H3. The maximum Gasteiger partial charge on any atom is 0.211 e. The molecule has 1 aromatic heterocycles. The van der Waals surface area contributed by atoms with Gasteiger partial charge in [0.25, 0.3) is 0 Å². The van der Waals surface area contributed by atoms with E-state index in [9.17, 15) is 13.2 Å². The summed E-state index contributed by atoms with van der Waals surface area (Å²) in [4.78, 5) is 16.3. The van der Waals surface area contributed by atoms with Crippen molar-refractivity contribution in [1.82, 2.24) is 9.29 Å². The summed E-state index contributed by atoms with van der Waals surface area (Å²) in [6.45, 7) is 2.96. The van der Waals surface area contributed by atoms with Crippen LogP contribution < -0.4 is 0 Å². The second-order valence-corrected chi connectivity index (χ2v) is 8.36. The molecule has 20 heavy (non-hydrogen) atoms. The van der Waals surface area contributed by atoms with Crippen LogP contribution in [0.25, 0.3) is 0 Å². The number of nitrogens with zero attached hydrogens (tertiary/aromatic N) is 2. The molecular formula is C13H20N2O3S2. The summed E-state index contributed by atoms with van der Waals surface area (Å²) in [6, 6.07) is 0. The number of sulfonamides is 1. The number of hydrogen-bond acceptors (Lipinski definition) is 5. The fourth-order valence-corrected chi connectivity index (χ4v) is 4.28. The van der Waals surface area contributed by atoms with Gasteiger partial charge in [-0.2, -0.15) is 0 Å². The van der Waals surface area contributed by atoms with Gasteiger partial charge in [-0.1, -0.05) is 0 Å². The Labute approximate surface area is 124 Å². The van der Waals surface area contributed by atoms with Crippen LogP contribution in [0.5, 0.6) is 0 Å². The number of Topliss-reactive ketones (excluding diaryl/α,β-unsaturated/α-hetero) is 1. The first kappa shape index (κ1) is 15.6. The second-order valence-electron chi connectivity index (χ2n) is 5.43. The molecule has 112 valence electrons. The van der Waals surface area contributed by atoms with E-state index in [0.717, 1.165) is 23.5 Å². The highest BCUT2D eigenvalue weighted by atomic mass is 32.2. The quantitative estimate of drug-likeness (QED) is 0.828. The van der Waals surface area contributed by atoms with E-state index in [0.29, 0.717) is 25.9 Å². The average Bonchev–Trinajstić information content (AvgIpc) is 2.73. The molecule has 2 heterocycles. The van der Waals surface area contributed by atoms with Gasteiger partial charge in [0.05, 0.1) is 12.7 Å². The summed E-state index contributed by atoms with van der Waals surface area (Å²) in [5, 5.41) is 2.79. The van der Waals surface area contributed by atoms with Crippen molar-refractivity contribution in [3.8, 4) is 0 Å². The van der Waals surface area contributed by atoms with Crippen molar-refractivity contribution in [2.75, 3.05) is 19.3 Å². The van der Waals surface area contributed by atoms with Crippen molar-refractivity contribution in [3.05, 3.63) is 16.1 Å². The highest BCUT2D eigenvalue weighted by Gasteiger charge is 2.27. The van der Waals surface area contributed by atoms with Crippen LogP contribution in [0, 0.1) is 12.8 Å². The lowest BCUT2D eigenvalue weighted by Crippen LogP contribution is -2.39. The zero-order chi connectivity index (χ0) is 14.8. The summed E-state index contributed by atoms with van der Waals surface area (Å²) in [7, 11) is -3.14. The van der Waals surface area contributed by atoms with Crippen molar-refractivity contribution in [1.29, 1.82) is 0 Å². The maximum absolute atomic E-state index is 12.0. The Balaban J connectivity index is 1.88. The highest BCUT2D eigenvalue weighted by Crippen LogP contribution is 2.22. The van der Waals surface area contributed by atoms with Crippen molar-refractivity contribution in [2.24, 2.45) is 5.92 Å². The van der Waals surface area contributed by atoms with E-state index in [4.69, 9.17) is 0 Å². The molecule has 0 radical (unpaired) electrons. The van der Waals surface area contributed by atoms with E-state index >= 15 is 0 Å². The van der Waals surface area contributed by atoms with Crippen molar-refractivity contribution >= 4 is 27.1 Å². The topological polar surface area (TPSA) is 67.3 Å². The van der Waals surface area contributed by atoms with Gasteiger partial charge in [-0.05, 0) is 25.7 Å². The Morgan fingerprint density at radius 3 is 2.90 bits per heavy atom. The van der Waals surface area contributed by atoms with E-state index in [-0.39, 0.29) is 11.7 Å². The molecule has 0 N–H and O–H groups in total. The molecule has 0 spiro atoms. The van der Waals surface area contributed by atoms with E-state index in [1.807, 2.05) is 12.3 Å². The zero-order valence-electron chi connectivity index (χ0n) is 11.8. The molecule has 1 fully saturated rings. The third-order valence-corrected chi connectivity index (χ3v) is 5.72. The van der Waals surface area contributed by atoms with Crippen LogP contribution in [-0.2, 0) is 21.2 Å². The Hall–Kier alpha value is -0.790. The van der Waals surface area contributed by atoms with Gasteiger partial charge in [-0.3, -0.25) is 4.79 Å². The number of thiazole rings is 1. The molecule has 1 aliphatic rings. The number of hydrogen-bond donors (Lipinski definition) is 0. The normalized spacial score (nSPS) is 21.0. The van der Waals surface area contributed by atoms with Gasteiger partial charge in [0.2, 0.25) is 10.0 Å². The van der Waals surface area contributed by atoms with E-state index in [1.165, 1.54) is 21.9 Å². The van der Waals surface area contributed by atoms with Gasteiger partial charge in [0.15, 0.2) is 0 Å². The molecule has 7 heteroatoms. The number of ketones is 1. The van der Waals surface area contributed by atoms with E-state index in [1.54, 1.807) is 0 Å². The zero-order valence-corrected chi connectivity index (χ0v) is 13.5. The number of carbonyl (C=O) groups excluding carboxylic acids is 1. The summed E-state index contributed by atoms with van der Waals surface area (Å²) >= 11 is 1.51. The predicted octanol–water partition coefficient (Wildman–Crippen LogP) is 1.62. The molecular weight excluding hydrogens is 296 g/mol. The fraction of sp³-hybridized carbons (Fsp3) is 0.692. The molecule has 1 unspecified atom stereocenters. The minimum absolute atomic E-state index is 0.145. The summed E-state index contributed by atoms with van der Waals surface area (Å²) < 4.78 is 24.6. The molecule has 1 saturated heterocycles. The van der Waals surface area contributed by atoms with Crippen LogP contribution in [0.3, 0.4) is 0 Å². The number of rotatable bonds is 5. The van der Waals surface area contributed by atoms with Crippen LogP contribution in [0.2, 0.25) is 0 Å². The van der Waals surface area contributed by atoms with E-state index < -0.39 is 10.0 Å². The molecule has 0 amide bonds. The van der Waals surface area contributed by atoms with E-state index in [2.05, 4.69) is 4.98 Å². The Morgan fingerprint density at radius 1 is 1.55 bits per heavy atom. The first-order valence-corrected chi connectivity index (χ1v) is 9.45. The van der Waals surface area contributed by atoms with Crippen LogP contribution in [0.15, 0.2) is 5.38 Å². The molecule has 0 bridgehead atoms. The SMILES string of the molecule is Cc1csc(CC(=O)CC2CCCN(S(C)(=O)=O)C2)n1. The van der Waals surface area contributed by atoms with Crippen molar-refractivity contribution in [3.63, 3.8) is 0 Å². The lowest BCUT2D eigenvalue weighted by molar-refractivity contribution is -0.119. The van der Waals surface area contributed by atoms with Gasteiger partial charge in [0, 0.05) is 30.6 Å². The number of aromatic nitrogens is 1. The van der Waals surface area contributed by atoms with Crippen molar-refractivity contribution in [2.45, 2.75) is 32.6 Å². The fourth-order valence-electron chi connectivity index (χ4n) is 2.54. The highest BCUT2D eigenvalue weighted by molar-refractivity contribution is 7.88. The lowest BCUT2D eigenvalue weighted by atomic mass is 9.93. The van der Waals surface area contributed by atoms with Gasteiger partial charge in [0.1, 0.15) is 10.8 Å². The summed E-state index contributed by atoms with van der Waals surface area (Å²) in [5.41, 5.74) is 0.943. The van der Waals surface area contributed by atoms with Gasteiger partial charge >= 0.3 is 0 Å². The van der Waals surface area contributed by atoms with Crippen LogP contribution in [0.4, 0.5) is 0 Å². The minimum atomic E-state index is -3.14. The Morgan fingerprint density at radius 2 is 2.30 bits per heavy atom. The number of carbonyl (C=O) groups is 1. The molecule has 1 atom stereocenters. The minimum Gasteiger partial charge on any atom is -0.299 e. The third-order valence-electron chi connectivity index (χ3n) is 3.48. The van der Waals surface area contributed by atoms with Crippen LogP contribution in [-0.4, -0.2) is 42.8 Å². The molecule has 0 aromatic carbocycles. The van der Waals surface area contributed by atoms with Gasteiger partial charge in [-0.15, -0.1) is 11.3 Å². The second kappa shape index (κ2) is 6.32. The number of aryl methyl sites for hydroxylation is 1. The molecule has 2 rings (SSSR count). The molecule has 0 aliphatic carbocycles. The first-order valence-electron chi connectivity index (χ1n) is 6.72. The molecule has 1 aliphatic heterocycles. The smallest absolute Gasteiger partial charge is 0.211 e. The predicted molar refractivity (Wildman–Crippen MR) is 79.3 cm³/mol. The molecule has 1 aromatic rings. The van der Waals surface area contributed by atoms with Crippen LogP contribution in [0.1, 0.15) is 30.0 Å². The lowest BCUT2D eigenvalue weighted by Gasteiger charge is -2.30. The summed E-state index contributed by atoms with van der Waals surface area (Å²) in [6.07, 6.45) is 3.81. The monoisotopic (exact) mass is 316 g/mol. The molecule has 0 saturated carbocycles.